The molecule has 0 N–H and O–H groups in total. The third-order valence-electron chi connectivity index (χ3n) is 18.9. The highest BCUT2D eigenvalue weighted by molar-refractivity contribution is 6.15. The van der Waals surface area contributed by atoms with Gasteiger partial charge in [-0.05, 0) is 189 Å². The van der Waals surface area contributed by atoms with Gasteiger partial charge in [0.2, 0.25) is 0 Å². The standard InChI is InChI=1S/C90H44N14/c91-45-54-14-20-59(21-15-54)62-22-31-81(103-82-32-23-63(71-27-16-55(46-92)36-67(71)50-96)41-77(82)78-42-64(24-33-83(78)103)72-28-17-56(47-93)37-68(72)51-97)76(40-62)75-12-7-13-86(87(75)90-101-88(60-8-3-1-4-9-60)100-89(102-90)61-10-5-2-6-11-61)104-84-34-25-65(73-29-18-57(48-94)38-69(73)52-98)43-79(84)80-44-66(26-35-85(80)104)74-30-19-58(49-95)39-70(74)53-99/h1-44H. The highest BCUT2D eigenvalue weighted by Gasteiger charge is 2.28. The van der Waals surface area contributed by atoms with Crippen LogP contribution in [0.25, 0.3) is 156 Å². The van der Waals surface area contributed by atoms with Gasteiger partial charge in [0.05, 0.1) is 144 Å². The average molecular weight is 1320 g/mol. The summed E-state index contributed by atoms with van der Waals surface area (Å²) in [5.74, 6) is 1.13. The molecule has 16 aromatic rings. The summed E-state index contributed by atoms with van der Waals surface area (Å²) in [6, 6.07) is 104. The van der Waals surface area contributed by atoms with E-state index < -0.39 is 0 Å². The van der Waals surface area contributed by atoms with Gasteiger partial charge < -0.3 is 9.13 Å². The number of rotatable bonds is 11. The van der Waals surface area contributed by atoms with E-state index in [0.29, 0.717) is 118 Å². The fourth-order valence-electron chi connectivity index (χ4n) is 14.0. The third kappa shape index (κ3) is 10.8. The lowest BCUT2D eigenvalue weighted by atomic mass is 9.92. The van der Waals surface area contributed by atoms with E-state index in [2.05, 4.69) is 88.0 Å². The van der Waals surface area contributed by atoms with Crippen LogP contribution >= 0.6 is 0 Å². The van der Waals surface area contributed by atoms with E-state index in [1.165, 1.54) is 0 Å². The Morgan fingerprint density at radius 2 is 0.548 bits per heavy atom. The Labute approximate surface area is 595 Å². The van der Waals surface area contributed by atoms with E-state index in [1.807, 2.05) is 158 Å². The molecule has 0 unspecified atom stereocenters. The van der Waals surface area contributed by atoms with Crippen molar-refractivity contribution in [3.05, 3.63) is 317 Å². The minimum Gasteiger partial charge on any atom is -0.309 e. The van der Waals surface area contributed by atoms with Crippen LogP contribution in [-0.4, -0.2) is 24.1 Å². The summed E-state index contributed by atoms with van der Waals surface area (Å²) in [5, 5.41) is 95.4. The van der Waals surface area contributed by atoms with Gasteiger partial charge in [-0.15, -0.1) is 0 Å². The largest absolute Gasteiger partial charge is 0.309 e. The molecule has 0 radical (unpaired) electrons. The number of nitrogens with zero attached hydrogens (tertiary/aromatic N) is 14. The Morgan fingerprint density at radius 1 is 0.212 bits per heavy atom. The molecule has 0 saturated heterocycles. The molecular formula is C90H44N14. The SMILES string of the molecule is N#Cc1ccc(-c2ccc(-n3c4ccc(-c5ccc(C#N)cc5C#N)cc4c4cc(-c5ccc(C#N)cc5C#N)ccc43)c(-c3cccc(-n4c5ccc(-c6ccc(C#N)cc6C#N)cc5c5cc(-c6ccc(C#N)cc6C#N)ccc54)c3-c3nc(-c4ccccc4)nc(-c4ccccc4)n3)c2)cc1. The molecule has 474 valence electrons. The zero-order valence-corrected chi connectivity index (χ0v) is 54.7. The second-order valence-corrected chi connectivity index (χ2v) is 24.7. The van der Waals surface area contributed by atoms with Crippen LogP contribution in [0.4, 0.5) is 0 Å². The van der Waals surface area contributed by atoms with E-state index in [0.717, 1.165) is 88.2 Å². The number of aromatic nitrogens is 5. The van der Waals surface area contributed by atoms with E-state index in [9.17, 15) is 47.4 Å². The summed E-state index contributed by atoms with van der Waals surface area (Å²) in [5.41, 5.74) is 18.0. The lowest BCUT2D eigenvalue weighted by Gasteiger charge is -2.21. The van der Waals surface area contributed by atoms with Gasteiger partial charge in [-0.25, -0.2) is 15.0 Å². The van der Waals surface area contributed by atoms with E-state index in [4.69, 9.17) is 15.0 Å². The molecular weight excluding hydrogens is 1280 g/mol. The molecule has 0 spiro atoms. The van der Waals surface area contributed by atoms with Crippen molar-refractivity contribution in [3.8, 4) is 167 Å². The topological polar surface area (TPSA) is 263 Å². The van der Waals surface area contributed by atoms with Crippen LogP contribution in [0, 0.1) is 102 Å². The van der Waals surface area contributed by atoms with Crippen LogP contribution in [0.2, 0.25) is 0 Å². The minimum absolute atomic E-state index is 0.316. The number of hydrogen-bond donors (Lipinski definition) is 0. The van der Waals surface area contributed by atoms with Crippen LogP contribution in [0.1, 0.15) is 50.1 Å². The van der Waals surface area contributed by atoms with Crippen molar-refractivity contribution in [2.75, 3.05) is 0 Å². The molecule has 0 aliphatic rings. The van der Waals surface area contributed by atoms with Crippen molar-refractivity contribution in [2.24, 2.45) is 0 Å². The van der Waals surface area contributed by atoms with Gasteiger partial charge in [-0.2, -0.15) is 47.4 Å². The summed E-state index contributed by atoms with van der Waals surface area (Å²) in [6.45, 7) is 0. The molecule has 3 aromatic heterocycles. The Bertz CT molecular complexity index is 6450. The monoisotopic (exact) mass is 1320 g/mol. The number of benzene rings is 13. The first-order chi connectivity index (χ1) is 51.1. The van der Waals surface area contributed by atoms with Crippen molar-refractivity contribution >= 4 is 43.6 Å². The molecule has 0 atom stereocenters. The summed E-state index contributed by atoms with van der Waals surface area (Å²) in [4.78, 5) is 16.3. The Kier molecular flexibility index (Phi) is 15.7. The normalized spacial score (nSPS) is 10.8. The van der Waals surface area contributed by atoms with Gasteiger partial charge in [0.1, 0.15) is 0 Å². The van der Waals surface area contributed by atoms with Crippen LogP contribution in [0.5, 0.6) is 0 Å². The van der Waals surface area contributed by atoms with Gasteiger partial charge in [0.25, 0.3) is 0 Å². The molecule has 0 amide bonds. The molecule has 16 rings (SSSR count). The second kappa shape index (κ2) is 26.0. The molecule has 0 bridgehead atoms. The fourth-order valence-corrected chi connectivity index (χ4v) is 14.0. The quantitative estimate of drug-likeness (QED) is 0.117. The smallest absolute Gasteiger partial charge is 0.166 e. The van der Waals surface area contributed by atoms with Crippen LogP contribution < -0.4 is 0 Å². The van der Waals surface area contributed by atoms with Crippen molar-refractivity contribution in [1.82, 2.24) is 24.1 Å². The van der Waals surface area contributed by atoms with Crippen LogP contribution in [0.3, 0.4) is 0 Å². The van der Waals surface area contributed by atoms with Crippen LogP contribution in [-0.2, 0) is 0 Å². The van der Waals surface area contributed by atoms with Crippen LogP contribution in [0.15, 0.2) is 267 Å². The summed E-state index contributed by atoms with van der Waals surface area (Å²) in [6.07, 6.45) is 0. The highest BCUT2D eigenvalue weighted by atomic mass is 15.1. The Morgan fingerprint density at radius 3 is 0.913 bits per heavy atom. The first-order valence-corrected chi connectivity index (χ1v) is 32.7. The number of nitriles is 9. The number of hydrogen-bond acceptors (Lipinski definition) is 12. The van der Waals surface area contributed by atoms with E-state index >= 15 is 0 Å². The molecule has 14 nitrogen and oxygen atoms in total. The van der Waals surface area contributed by atoms with Crippen molar-refractivity contribution in [2.45, 2.75) is 0 Å². The molecule has 0 saturated carbocycles. The summed E-state index contributed by atoms with van der Waals surface area (Å²) in [7, 11) is 0. The van der Waals surface area contributed by atoms with Gasteiger partial charge in [0, 0.05) is 38.2 Å². The highest BCUT2D eigenvalue weighted by Crippen LogP contribution is 2.48. The maximum Gasteiger partial charge on any atom is 0.166 e. The fraction of sp³-hybridized carbons (Fsp3) is 0. The van der Waals surface area contributed by atoms with Gasteiger partial charge >= 0.3 is 0 Å². The van der Waals surface area contributed by atoms with Gasteiger partial charge in [-0.3, -0.25) is 0 Å². The van der Waals surface area contributed by atoms with Gasteiger partial charge in [-0.1, -0.05) is 140 Å². The third-order valence-corrected chi connectivity index (χ3v) is 18.9. The van der Waals surface area contributed by atoms with Crippen molar-refractivity contribution in [3.63, 3.8) is 0 Å². The predicted molar refractivity (Wildman–Crippen MR) is 400 cm³/mol. The molecule has 0 fully saturated rings. The number of fused-ring (bicyclic) bond motifs is 6. The summed E-state index contributed by atoms with van der Waals surface area (Å²) < 4.78 is 4.39. The Balaban J connectivity index is 1.04. The molecule has 13 aromatic carbocycles. The minimum atomic E-state index is 0.316. The van der Waals surface area contributed by atoms with Crippen molar-refractivity contribution in [1.29, 1.82) is 47.4 Å². The van der Waals surface area contributed by atoms with Gasteiger partial charge in [0.15, 0.2) is 17.5 Å². The zero-order chi connectivity index (χ0) is 71.1. The molecule has 14 heteroatoms. The maximum absolute atomic E-state index is 10.6. The summed E-state index contributed by atoms with van der Waals surface area (Å²) >= 11 is 0. The zero-order valence-electron chi connectivity index (χ0n) is 54.7. The maximum atomic E-state index is 10.6. The first-order valence-electron chi connectivity index (χ1n) is 32.7. The molecule has 0 aliphatic heterocycles. The molecule has 0 aliphatic carbocycles. The van der Waals surface area contributed by atoms with Crippen molar-refractivity contribution < 1.29 is 0 Å². The van der Waals surface area contributed by atoms with E-state index in [1.54, 1.807) is 84.9 Å². The predicted octanol–water partition coefficient (Wildman–Crippen LogP) is 19.9. The molecule has 3 heterocycles. The molecule has 104 heavy (non-hydrogen) atoms. The van der Waals surface area contributed by atoms with E-state index in [-0.39, 0.29) is 0 Å². The lowest BCUT2D eigenvalue weighted by Crippen LogP contribution is -2.06. The second-order valence-electron chi connectivity index (χ2n) is 24.7. The lowest BCUT2D eigenvalue weighted by molar-refractivity contribution is 1.06. The Hall–Kier alpha value is -16.1. The average Bonchev–Trinajstić information content (AvgIpc) is 1.53. The first kappa shape index (κ1) is 62.7.